The molecular formula is C20H20N2O6. The first-order chi connectivity index (χ1) is 13.5. The maximum Gasteiger partial charge on any atom is 0.340 e. The van der Waals surface area contributed by atoms with Crippen LogP contribution in [0.2, 0.25) is 0 Å². The number of carbonyl (C=O) groups excluding carboxylic acids is 2. The number of nitro groups is 1. The molecule has 0 N–H and O–H groups in total. The number of carbonyl (C=O) groups is 2. The minimum Gasteiger partial charge on any atom is -0.465 e. The molecule has 8 heteroatoms. The molecule has 3 rings (SSSR count). The first-order valence-corrected chi connectivity index (χ1v) is 8.87. The summed E-state index contributed by atoms with van der Waals surface area (Å²) in [5, 5.41) is 11.1. The van der Waals surface area contributed by atoms with Crippen molar-refractivity contribution >= 4 is 23.3 Å². The molecule has 0 bridgehead atoms. The third kappa shape index (κ3) is 4.28. The lowest BCUT2D eigenvalue weighted by molar-refractivity contribution is -0.384. The van der Waals surface area contributed by atoms with E-state index >= 15 is 0 Å². The highest BCUT2D eigenvalue weighted by molar-refractivity contribution is 5.97. The number of rotatable bonds is 6. The zero-order valence-corrected chi connectivity index (χ0v) is 15.4. The van der Waals surface area contributed by atoms with Crippen molar-refractivity contribution in [2.24, 2.45) is 0 Å². The van der Waals surface area contributed by atoms with E-state index in [1.54, 1.807) is 30.3 Å². The number of hydrogen-bond acceptors (Lipinski definition) is 7. The van der Waals surface area contributed by atoms with E-state index in [9.17, 15) is 19.7 Å². The predicted molar refractivity (Wildman–Crippen MR) is 101 cm³/mol. The first-order valence-electron chi connectivity index (χ1n) is 8.87. The summed E-state index contributed by atoms with van der Waals surface area (Å²) in [6, 6.07) is 10.8. The van der Waals surface area contributed by atoms with Crippen LogP contribution in [0.3, 0.4) is 0 Å². The number of anilines is 1. The molecule has 8 nitrogen and oxygen atoms in total. The van der Waals surface area contributed by atoms with Crippen LogP contribution in [0.4, 0.5) is 11.4 Å². The highest BCUT2D eigenvalue weighted by Gasteiger charge is 2.23. The predicted octanol–water partition coefficient (Wildman–Crippen LogP) is 3.34. The van der Waals surface area contributed by atoms with Gasteiger partial charge in [-0.05, 0) is 36.6 Å². The van der Waals surface area contributed by atoms with Crippen LogP contribution in [0.5, 0.6) is 0 Å². The summed E-state index contributed by atoms with van der Waals surface area (Å²) in [6.45, 7) is 1.52. The normalized spacial score (nSPS) is 13.2. The molecule has 2 aromatic rings. The van der Waals surface area contributed by atoms with Crippen LogP contribution in [-0.2, 0) is 16.1 Å². The van der Waals surface area contributed by atoms with Gasteiger partial charge in [0, 0.05) is 25.2 Å². The van der Waals surface area contributed by atoms with Gasteiger partial charge >= 0.3 is 11.9 Å². The Morgan fingerprint density at radius 3 is 2.54 bits per heavy atom. The number of esters is 2. The Labute approximate surface area is 161 Å². The quantitative estimate of drug-likeness (QED) is 0.428. The third-order valence-corrected chi connectivity index (χ3v) is 4.58. The van der Waals surface area contributed by atoms with E-state index < -0.39 is 16.9 Å². The minimum atomic E-state index is -0.644. The summed E-state index contributed by atoms with van der Waals surface area (Å²) in [5.74, 6) is -1.13. The van der Waals surface area contributed by atoms with Crippen LogP contribution >= 0.6 is 0 Å². The highest BCUT2D eigenvalue weighted by Crippen LogP contribution is 2.29. The highest BCUT2D eigenvalue weighted by atomic mass is 16.6. The monoisotopic (exact) mass is 384 g/mol. The smallest absolute Gasteiger partial charge is 0.340 e. The number of non-ortho nitro benzene ring substituents is 1. The SMILES string of the molecule is COC(=O)c1cccc(COC(=O)c2cc([N+](=O)[O-])ccc2N2CCCC2)c1. The Morgan fingerprint density at radius 2 is 1.86 bits per heavy atom. The van der Waals surface area contributed by atoms with E-state index in [0.29, 0.717) is 16.8 Å². The zero-order valence-electron chi connectivity index (χ0n) is 15.4. The molecule has 146 valence electrons. The molecule has 0 radical (unpaired) electrons. The third-order valence-electron chi connectivity index (χ3n) is 4.58. The molecule has 1 saturated heterocycles. The maximum atomic E-state index is 12.7. The number of hydrogen-bond donors (Lipinski definition) is 0. The van der Waals surface area contributed by atoms with E-state index in [1.165, 1.54) is 19.2 Å². The lowest BCUT2D eigenvalue weighted by Crippen LogP contribution is -2.21. The number of nitrogens with zero attached hydrogens (tertiary/aromatic N) is 2. The second-order valence-corrected chi connectivity index (χ2v) is 6.42. The lowest BCUT2D eigenvalue weighted by Gasteiger charge is -2.20. The molecule has 0 aromatic heterocycles. The van der Waals surface area contributed by atoms with Crippen molar-refractivity contribution in [3.63, 3.8) is 0 Å². The van der Waals surface area contributed by atoms with Gasteiger partial charge in [0.15, 0.2) is 0 Å². The molecule has 1 heterocycles. The molecular weight excluding hydrogens is 364 g/mol. The maximum absolute atomic E-state index is 12.7. The molecule has 0 unspecified atom stereocenters. The van der Waals surface area contributed by atoms with E-state index in [2.05, 4.69) is 4.74 Å². The van der Waals surface area contributed by atoms with Gasteiger partial charge in [0.05, 0.1) is 28.8 Å². The molecule has 1 aliphatic heterocycles. The van der Waals surface area contributed by atoms with Crippen LogP contribution < -0.4 is 4.90 Å². The van der Waals surface area contributed by atoms with E-state index in [-0.39, 0.29) is 17.9 Å². The van der Waals surface area contributed by atoms with Crippen molar-refractivity contribution in [2.45, 2.75) is 19.4 Å². The van der Waals surface area contributed by atoms with Gasteiger partial charge in [-0.15, -0.1) is 0 Å². The molecule has 0 amide bonds. The van der Waals surface area contributed by atoms with Gasteiger partial charge < -0.3 is 14.4 Å². The summed E-state index contributed by atoms with van der Waals surface area (Å²) in [5.41, 5.74) is 1.60. The van der Waals surface area contributed by atoms with Gasteiger partial charge in [-0.3, -0.25) is 10.1 Å². The fourth-order valence-electron chi connectivity index (χ4n) is 3.17. The molecule has 0 aliphatic carbocycles. The van der Waals surface area contributed by atoms with Gasteiger partial charge in [0.25, 0.3) is 5.69 Å². The Bertz CT molecular complexity index is 905. The molecule has 1 fully saturated rings. The van der Waals surface area contributed by atoms with E-state index in [4.69, 9.17) is 4.74 Å². The van der Waals surface area contributed by atoms with Gasteiger partial charge in [0.1, 0.15) is 6.61 Å². The number of nitro benzene ring substituents is 1. The summed E-state index contributed by atoms with van der Waals surface area (Å²) in [6.07, 6.45) is 2.01. The first kappa shape index (κ1) is 19.3. The van der Waals surface area contributed by atoms with E-state index in [0.717, 1.165) is 25.9 Å². The Kier molecular flexibility index (Phi) is 5.88. The molecule has 0 atom stereocenters. The van der Waals surface area contributed by atoms with Gasteiger partial charge in [-0.2, -0.15) is 0 Å². The van der Waals surface area contributed by atoms with Crippen LogP contribution in [-0.4, -0.2) is 37.1 Å². The molecule has 0 saturated carbocycles. The summed E-state index contributed by atoms with van der Waals surface area (Å²) < 4.78 is 10.1. The standard InChI is InChI=1S/C20H20N2O6/c1-27-19(23)15-6-4-5-14(11-15)13-28-20(24)17-12-16(22(25)26)7-8-18(17)21-9-2-3-10-21/h4-8,11-12H,2-3,9-10,13H2,1H3. The Morgan fingerprint density at radius 1 is 1.11 bits per heavy atom. The van der Waals surface area contributed by atoms with E-state index in [1.807, 2.05) is 4.90 Å². The number of benzene rings is 2. The zero-order chi connectivity index (χ0) is 20.1. The molecule has 1 aliphatic rings. The van der Waals surface area contributed by atoms with Crippen molar-refractivity contribution in [1.82, 2.24) is 0 Å². The van der Waals surface area contributed by atoms with Gasteiger partial charge in [0.2, 0.25) is 0 Å². The van der Waals surface area contributed by atoms with Gasteiger partial charge in [-0.1, -0.05) is 12.1 Å². The average molecular weight is 384 g/mol. The second-order valence-electron chi connectivity index (χ2n) is 6.42. The topological polar surface area (TPSA) is 99.0 Å². The van der Waals surface area contributed by atoms with Crippen LogP contribution in [0, 0.1) is 10.1 Å². The fourth-order valence-corrected chi connectivity index (χ4v) is 3.17. The summed E-state index contributed by atoms with van der Waals surface area (Å²) >= 11 is 0. The van der Waals surface area contributed by atoms with Gasteiger partial charge in [-0.25, -0.2) is 9.59 Å². The molecule has 28 heavy (non-hydrogen) atoms. The van der Waals surface area contributed by atoms with Crippen LogP contribution in [0.1, 0.15) is 39.1 Å². The Balaban J connectivity index is 1.80. The summed E-state index contributed by atoms with van der Waals surface area (Å²) in [4.78, 5) is 36.9. The van der Waals surface area contributed by atoms with Crippen molar-refractivity contribution < 1.29 is 24.0 Å². The average Bonchev–Trinajstić information content (AvgIpc) is 3.25. The van der Waals surface area contributed by atoms with Crippen molar-refractivity contribution in [3.8, 4) is 0 Å². The molecule has 2 aromatic carbocycles. The number of ether oxygens (including phenoxy) is 2. The van der Waals surface area contributed by atoms with Crippen molar-refractivity contribution in [2.75, 3.05) is 25.1 Å². The summed E-state index contributed by atoms with van der Waals surface area (Å²) in [7, 11) is 1.29. The lowest BCUT2D eigenvalue weighted by atomic mass is 10.1. The Hall–Kier alpha value is -3.42. The van der Waals surface area contributed by atoms with Crippen LogP contribution in [0.25, 0.3) is 0 Å². The minimum absolute atomic E-state index is 0.0637. The van der Waals surface area contributed by atoms with Crippen molar-refractivity contribution in [1.29, 1.82) is 0 Å². The molecule has 0 spiro atoms. The fraction of sp³-hybridized carbons (Fsp3) is 0.300. The largest absolute Gasteiger partial charge is 0.465 e. The van der Waals surface area contributed by atoms with Crippen molar-refractivity contribution in [3.05, 3.63) is 69.3 Å². The number of methoxy groups -OCH3 is 1. The van der Waals surface area contributed by atoms with Crippen LogP contribution in [0.15, 0.2) is 42.5 Å². The second kappa shape index (κ2) is 8.51.